The Kier molecular flexibility index (Phi) is 14.2. The van der Waals surface area contributed by atoms with E-state index in [2.05, 4.69) is 17.6 Å². The second-order valence-corrected chi connectivity index (χ2v) is 14.6. The summed E-state index contributed by atoms with van der Waals surface area (Å²) in [6.45, 7) is 14.3. The van der Waals surface area contributed by atoms with Gasteiger partial charge >= 0.3 is 11.9 Å². The molecule has 0 aromatic carbocycles. The third-order valence-corrected chi connectivity index (χ3v) is 10.7. The number of nitrogens with one attached hydrogen (secondary N) is 2. The average molecular weight is 672 g/mol. The highest BCUT2D eigenvalue weighted by Gasteiger charge is 2.55. The first-order chi connectivity index (χ1) is 22.0. The number of nitrogens with zero attached hydrogens (tertiary/aromatic N) is 1. The third-order valence-electron chi connectivity index (χ3n) is 10.7. The van der Waals surface area contributed by atoms with Gasteiger partial charge in [-0.25, -0.2) is 0 Å². The van der Waals surface area contributed by atoms with Crippen LogP contribution in [-0.2, 0) is 38.1 Å². The van der Waals surface area contributed by atoms with E-state index in [4.69, 9.17) is 23.7 Å². The summed E-state index contributed by atoms with van der Waals surface area (Å²) < 4.78 is 31.0. The van der Waals surface area contributed by atoms with Crippen LogP contribution in [0.4, 0.5) is 0 Å². The molecule has 0 amide bonds. The molecule has 3 aliphatic rings. The van der Waals surface area contributed by atoms with Gasteiger partial charge in [-0.15, -0.1) is 0 Å². The lowest BCUT2D eigenvalue weighted by Gasteiger charge is -2.47. The summed E-state index contributed by atoms with van der Waals surface area (Å²) in [4.78, 5) is 42.3. The van der Waals surface area contributed by atoms with Crippen molar-refractivity contribution in [3.05, 3.63) is 0 Å². The van der Waals surface area contributed by atoms with Crippen LogP contribution in [0, 0.1) is 23.7 Å². The Labute approximate surface area is 280 Å². The number of ether oxygens (including phenoxy) is 5. The van der Waals surface area contributed by atoms with Crippen molar-refractivity contribution in [1.82, 2.24) is 15.5 Å². The molecule has 0 aromatic rings. The fourth-order valence-electron chi connectivity index (χ4n) is 7.79. The zero-order valence-electron chi connectivity index (χ0n) is 30.1. The van der Waals surface area contributed by atoms with E-state index in [-0.39, 0.29) is 49.0 Å². The Morgan fingerprint density at radius 1 is 1.13 bits per heavy atom. The van der Waals surface area contributed by atoms with Crippen molar-refractivity contribution in [2.24, 2.45) is 23.7 Å². The highest BCUT2D eigenvalue weighted by atomic mass is 16.7. The van der Waals surface area contributed by atoms with Crippen LogP contribution in [0.5, 0.6) is 0 Å². The van der Waals surface area contributed by atoms with Gasteiger partial charge in [0.25, 0.3) is 0 Å². The van der Waals surface area contributed by atoms with Crippen molar-refractivity contribution in [3.63, 3.8) is 0 Å². The van der Waals surface area contributed by atoms with Gasteiger partial charge < -0.3 is 49.4 Å². The van der Waals surface area contributed by atoms with Gasteiger partial charge in [-0.05, 0) is 73.5 Å². The molecule has 3 aliphatic heterocycles. The van der Waals surface area contributed by atoms with Gasteiger partial charge in [0.05, 0.1) is 30.8 Å². The lowest BCUT2D eigenvalue weighted by molar-refractivity contribution is -0.297. The second kappa shape index (κ2) is 16.8. The number of methoxy groups -OCH3 is 1. The van der Waals surface area contributed by atoms with Crippen LogP contribution in [-0.4, -0.2) is 134 Å². The van der Waals surface area contributed by atoms with Gasteiger partial charge in [0, 0.05) is 44.1 Å². The Balaban J connectivity index is 2.01. The van der Waals surface area contributed by atoms with Crippen LogP contribution in [0.2, 0.25) is 0 Å². The maximum Gasteiger partial charge on any atom is 0.316 e. The predicted octanol–water partition coefficient (Wildman–Crippen LogP) is 1.27. The number of aliphatic hydroxyl groups excluding tert-OH is 2. The van der Waals surface area contributed by atoms with Crippen molar-refractivity contribution >= 4 is 17.7 Å². The van der Waals surface area contributed by atoms with E-state index in [1.165, 1.54) is 6.92 Å². The minimum atomic E-state index is -1.15. The number of rotatable bonds is 9. The zero-order chi connectivity index (χ0) is 35.3. The van der Waals surface area contributed by atoms with Crippen LogP contribution in [0.25, 0.3) is 0 Å². The number of ketones is 1. The van der Waals surface area contributed by atoms with Crippen LogP contribution < -0.4 is 10.6 Å². The molecular formula is C34H61N3O10. The molecule has 3 saturated heterocycles. The van der Waals surface area contributed by atoms with Gasteiger partial charge in [-0.3, -0.25) is 14.4 Å². The molecule has 0 bridgehead atoms. The number of esters is 2. The third kappa shape index (κ3) is 9.10. The molecule has 13 heteroatoms. The van der Waals surface area contributed by atoms with E-state index in [0.717, 1.165) is 0 Å². The van der Waals surface area contributed by atoms with Crippen LogP contribution in [0.3, 0.4) is 0 Å². The molecule has 0 aliphatic carbocycles. The summed E-state index contributed by atoms with van der Waals surface area (Å²) in [7, 11) is 5.33. The van der Waals surface area contributed by atoms with E-state index in [0.29, 0.717) is 38.9 Å². The van der Waals surface area contributed by atoms with Gasteiger partial charge in [0.1, 0.15) is 18.1 Å². The number of cyclic esters (lactones) is 1. The van der Waals surface area contributed by atoms with Crippen molar-refractivity contribution in [2.75, 3.05) is 47.4 Å². The van der Waals surface area contributed by atoms with Crippen molar-refractivity contribution in [3.8, 4) is 0 Å². The summed E-state index contributed by atoms with van der Waals surface area (Å²) >= 11 is 0. The van der Waals surface area contributed by atoms with E-state index in [1.807, 2.05) is 46.7 Å². The first-order valence-corrected chi connectivity index (χ1v) is 17.2. The number of carbonyl (C=O) groups is 3. The smallest absolute Gasteiger partial charge is 0.316 e. The molecule has 3 rings (SSSR count). The predicted molar refractivity (Wildman–Crippen MR) is 174 cm³/mol. The molecule has 272 valence electrons. The van der Waals surface area contributed by atoms with E-state index in [1.54, 1.807) is 14.0 Å². The summed E-state index contributed by atoms with van der Waals surface area (Å²) in [5, 5.41) is 27.5. The van der Waals surface area contributed by atoms with E-state index >= 15 is 0 Å². The number of likely N-dealkylation sites (N-methyl/N-ethyl adjacent to an activating group) is 1. The SMILES string of the molecule is CC[C@H]1OC(=O)C(C)C(=O)[C@H](C)[C@@H](OC2OC(CNCCO)CC(N(C)C)C2O)[C@](C)(OC)C[C@@H](C)CN[C@H](C)[C@H]2CC(=O)O[C@@]21C. The number of hydrogen-bond acceptors (Lipinski definition) is 13. The standard InChI is InChI=1S/C34H61N3O10/c1-11-26-34(7)24(15-27(39)47-34)22(5)36-17-19(2)16-33(6,43-10)30(20(3)28(40)21(4)31(42)45-26)46-32-29(41)25(37(8)9)14-23(44-32)18-35-12-13-38/h19-26,29-30,32,35-36,38,41H,11-18H2,1-10H3/t19-,20+,21?,22-,23?,24-,25?,26-,29?,30-,32?,33-,34+/m1/s1. The summed E-state index contributed by atoms with van der Waals surface area (Å²) in [6, 6.07) is -0.438. The van der Waals surface area contributed by atoms with Crippen molar-refractivity contribution < 1.29 is 48.3 Å². The highest BCUT2D eigenvalue weighted by Crippen LogP contribution is 2.41. The summed E-state index contributed by atoms with van der Waals surface area (Å²) in [6.07, 6.45) is -2.51. The van der Waals surface area contributed by atoms with Gasteiger partial charge in [0.15, 0.2) is 17.7 Å². The largest absolute Gasteiger partial charge is 0.458 e. The molecule has 0 saturated carbocycles. The molecule has 0 radical (unpaired) electrons. The maximum absolute atomic E-state index is 14.2. The first kappa shape index (κ1) is 39.7. The molecule has 47 heavy (non-hydrogen) atoms. The average Bonchev–Trinajstić information content (AvgIpc) is 3.34. The molecule has 5 unspecified atom stereocenters. The molecule has 0 spiro atoms. The lowest BCUT2D eigenvalue weighted by atomic mass is 9.78. The fraction of sp³-hybridized carbons (Fsp3) is 0.912. The van der Waals surface area contributed by atoms with Crippen molar-refractivity contribution in [1.29, 1.82) is 0 Å². The minimum Gasteiger partial charge on any atom is -0.458 e. The fourth-order valence-corrected chi connectivity index (χ4v) is 7.79. The van der Waals surface area contributed by atoms with Crippen molar-refractivity contribution in [2.45, 2.75) is 128 Å². The Bertz CT molecular complexity index is 1060. The second-order valence-electron chi connectivity index (χ2n) is 14.6. The van der Waals surface area contributed by atoms with Gasteiger partial charge in [-0.1, -0.05) is 20.8 Å². The monoisotopic (exact) mass is 671 g/mol. The molecule has 3 fully saturated rings. The quantitative estimate of drug-likeness (QED) is 0.158. The first-order valence-electron chi connectivity index (χ1n) is 17.2. The number of fused-ring (bicyclic) bond motifs is 1. The van der Waals surface area contributed by atoms with Crippen LogP contribution in [0.15, 0.2) is 0 Å². The number of Topliss-reactive ketones (excluding diaryl/α,β-unsaturated/α-hetero) is 1. The van der Waals surface area contributed by atoms with Crippen LogP contribution in [0.1, 0.15) is 74.1 Å². The number of carbonyl (C=O) groups excluding carboxylic acids is 3. The molecule has 4 N–H and O–H groups in total. The van der Waals surface area contributed by atoms with Gasteiger partial charge in [0.2, 0.25) is 0 Å². The molecule has 13 nitrogen and oxygen atoms in total. The molecule has 3 heterocycles. The maximum atomic E-state index is 14.2. The summed E-state index contributed by atoms with van der Waals surface area (Å²) in [5.41, 5.74) is -2.09. The van der Waals surface area contributed by atoms with Crippen LogP contribution >= 0.6 is 0 Å². The normalized spacial score (nSPS) is 42.7. The molecule has 13 atom stereocenters. The number of hydrogen-bond donors (Lipinski definition) is 4. The minimum absolute atomic E-state index is 0.0171. The Morgan fingerprint density at radius 3 is 2.40 bits per heavy atom. The Hall–Kier alpha value is -1.71. The Morgan fingerprint density at radius 2 is 1.81 bits per heavy atom. The molecular weight excluding hydrogens is 610 g/mol. The highest BCUT2D eigenvalue weighted by molar-refractivity contribution is 6.00. The topological polar surface area (TPSA) is 165 Å². The number of aliphatic hydroxyl groups is 2. The van der Waals surface area contributed by atoms with E-state index < -0.39 is 59.4 Å². The lowest BCUT2D eigenvalue weighted by Crippen LogP contribution is -2.60. The van der Waals surface area contributed by atoms with E-state index in [9.17, 15) is 24.6 Å². The zero-order valence-corrected chi connectivity index (χ0v) is 30.1. The summed E-state index contributed by atoms with van der Waals surface area (Å²) in [5.74, 6) is -3.66. The van der Waals surface area contributed by atoms with Gasteiger partial charge in [-0.2, -0.15) is 0 Å². The molecule has 0 aromatic heterocycles.